The molecule has 1 N–H and O–H groups in total. The van der Waals surface area contributed by atoms with Gasteiger partial charge in [-0.3, -0.25) is 4.79 Å². The first kappa shape index (κ1) is 13.5. The van der Waals surface area contributed by atoms with E-state index in [1.807, 2.05) is 10.9 Å². The predicted octanol–water partition coefficient (Wildman–Crippen LogP) is -2.00. The van der Waals surface area contributed by atoms with Crippen LogP contribution in [0.1, 0.15) is 0 Å². The van der Waals surface area contributed by atoms with Crippen molar-refractivity contribution < 1.29 is 34.4 Å². The summed E-state index contributed by atoms with van der Waals surface area (Å²) in [5.41, 5.74) is 1.87. The zero-order chi connectivity index (χ0) is 11.1. The Bertz CT molecular complexity index is 499. The average Bonchev–Trinajstić information content (AvgIpc) is 2.69. The first-order valence-corrected chi connectivity index (χ1v) is 7.24. The van der Waals surface area contributed by atoms with Gasteiger partial charge in [-0.1, -0.05) is 11.8 Å². The molecule has 17 heavy (non-hydrogen) atoms. The van der Waals surface area contributed by atoms with Crippen molar-refractivity contribution in [1.29, 1.82) is 0 Å². The topological polar surface area (TPSA) is 59.8 Å². The van der Waals surface area contributed by atoms with Crippen LogP contribution in [-0.4, -0.2) is 38.3 Å². The number of Topliss-reactive ketones (excluding diaryl/α,β-unsaturated/α-hetero) is 1. The molecule has 0 bridgehead atoms. The summed E-state index contributed by atoms with van der Waals surface area (Å²) in [6, 6.07) is 0. The molecule has 0 fully saturated rings. The Labute approximate surface area is 129 Å². The minimum Gasteiger partial charge on any atom is -0.321 e. The third-order valence-electron chi connectivity index (χ3n) is 2.55. The van der Waals surface area contributed by atoms with Crippen molar-refractivity contribution in [2.24, 2.45) is 0 Å². The smallest absolute Gasteiger partial charge is 0.321 e. The van der Waals surface area contributed by atoms with Crippen LogP contribution in [0, 0.1) is 0 Å². The quantitative estimate of drug-likeness (QED) is 0.473. The van der Waals surface area contributed by atoms with Crippen LogP contribution in [0.2, 0.25) is 0 Å². The third kappa shape index (κ3) is 2.44. The molecule has 0 radical (unpaired) electrons. The average molecular weight is 277 g/mol. The maximum absolute atomic E-state index is 11.7. The van der Waals surface area contributed by atoms with Crippen LogP contribution >= 0.6 is 23.5 Å². The van der Waals surface area contributed by atoms with Gasteiger partial charge in [0.25, 0.3) is 0 Å². The number of ketones is 1. The normalized spacial score (nSPS) is 18.1. The van der Waals surface area contributed by atoms with Crippen LogP contribution < -0.4 is 34.9 Å². The second-order valence-corrected chi connectivity index (χ2v) is 5.36. The molecular weight excluding hydrogens is 267 g/mol. The number of fused-ring (bicyclic) bond motifs is 1. The van der Waals surface area contributed by atoms with Crippen LogP contribution in [0.4, 0.5) is 5.95 Å². The van der Waals surface area contributed by atoms with Gasteiger partial charge in [-0.05, 0) is 11.8 Å². The molecule has 0 unspecified atom stereocenters. The molecule has 8 heteroatoms. The van der Waals surface area contributed by atoms with E-state index in [2.05, 4.69) is 15.4 Å². The van der Waals surface area contributed by atoms with E-state index in [1.54, 1.807) is 11.8 Å². The molecule has 0 spiro atoms. The Balaban J connectivity index is 0.00000108. The number of aromatic nitrogens is 3. The number of nitrogens with one attached hydrogen (secondary N) is 1. The minimum absolute atomic E-state index is 0. The number of carbonyl (C=O) groups is 1. The minimum atomic E-state index is 0. The number of nitrogens with zero attached hydrogens (tertiary/aromatic N) is 3. The molecular formula is C9H10N4NaOS2+. The number of hydrogen-bond donors (Lipinski definition) is 1. The van der Waals surface area contributed by atoms with Crippen molar-refractivity contribution >= 4 is 35.3 Å². The molecule has 0 aromatic carbocycles. The fourth-order valence-corrected chi connectivity index (χ4v) is 3.07. The second-order valence-electron chi connectivity index (χ2n) is 3.60. The number of hydrogen-bond acceptors (Lipinski definition) is 6. The van der Waals surface area contributed by atoms with Crippen molar-refractivity contribution in [3.8, 4) is 0 Å². The Morgan fingerprint density at radius 2 is 2.29 bits per heavy atom. The van der Waals surface area contributed by atoms with Gasteiger partial charge in [-0.15, -0.1) is 16.9 Å². The Morgan fingerprint density at radius 3 is 3.06 bits per heavy atom. The molecule has 2 aliphatic rings. The molecule has 0 amide bonds. The van der Waals surface area contributed by atoms with E-state index in [-0.39, 0.29) is 35.3 Å². The number of anilines is 1. The van der Waals surface area contributed by atoms with E-state index in [0.29, 0.717) is 18.2 Å². The summed E-state index contributed by atoms with van der Waals surface area (Å²) in [4.78, 5) is 16.0. The number of carbonyl (C=O) groups excluding carboxylic acids is 1. The monoisotopic (exact) mass is 277 g/mol. The Morgan fingerprint density at radius 1 is 1.47 bits per heavy atom. The van der Waals surface area contributed by atoms with Gasteiger partial charge in [-0.25, -0.2) is 4.68 Å². The maximum atomic E-state index is 11.7. The van der Waals surface area contributed by atoms with E-state index in [4.69, 9.17) is 0 Å². The molecule has 1 aromatic heterocycles. The third-order valence-corrected chi connectivity index (χ3v) is 4.11. The van der Waals surface area contributed by atoms with Gasteiger partial charge in [0.05, 0.1) is 18.0 Å². The SMILES string of the molecule is CSc1nc2n(n1)CC1=C(N2)C(=O)CSC1.[Na+]. The molecule has 0 saturated heterocycles. The maximum Gasteiger partial charge on any atom is 1.00 e. The standard InChI is InChI=1S/C9H10N4OS2.Na/c1-15-9-11-8-10-7-5(2-13(8)12-9)3-16-4-6(7)14;/h2-4H2,1H3,(H,10,11,12);/q;+1. The molecule has 2 aliphatic heterocycles. The number of allylic oxidation sites excluding steroid dienone is 1. The molecule has 5 nitrogen and oxygen atoms in total. The fraction of sp³-hybridized carbons (Fsp3) is 0.444. The van der Waals surface area contributed by atoms with Gasteiger partial charge in [0.1, 0.15) is 0 Å². The van der Waals surface area contributed by atoms with E-state index >= 15 is 0 Å². The molecule has 3 heterocycles. The molecule has 84 valence electrons. The van der Waals surface area contributed by atoms with Crippen molar-refractivity contribution in [2.75, 3.05) is 23.1 Å². The Kier molecular flexibility index (Phi) is 4.25. The zero-order valence-electron chi connectivity index (χ0n) is 9.69. The van der Waals surface area contributed by atoms with Gasteiger partial charge >= 0.3 is 29.6 Å². The molecule has 0 aliphatic carbocycles. The molecule has 1 aromatic rings. The first-order valence-electron chi connectivity index (χ1n) is 4.87. The van der Waals surface area contributed by atoms with Crippen molar-refractivity contribution in [2.45, 2.75) is 11.7 Å². The fourth-order valence-electron chi connectivity index (χ4n) is 1.79. The summed E-state index contributed by atoms with van der Waals surface area (Å²) in [7, 11) is 0. The van der Waals surface area contributed by atoms with Gasteiger partial charge in [0, 0.05) is 5.75 Å². The summed E-state index contributed by atoms with van der Waals surface area (Å²) in [5, 5.41) is 8.17. The van der Waals surface area contributed by atoms with Crippen LogP contribution in [0.5, 0.6) is 0 Å². The molecule has 0 atom stereocenters. The van der Waals surface area contributed by atoms with Crippen LogP contribution in [0.3, 0.4) is 0 Å². The summed E-state index contributed by atoms with van der Waals surface area (Å²) in [6.07, 6.45) is 1.94. The summed E-state index contributed by atoms with van der Waals surface area (Å²) in [5.74, 6) is 2.33. The van der Waals surface area contributed by atoms with Crippen LogP contribution in [-0.2, 0) is 11.3 Å². The zero-order valence-corrected chi connectivity index (χ0v) is 13.3. The van der Waals surface area contributed by atoms with Gasteiger partial charge in [0.15, 0.2) is 5.78 Å². The summed E-state index contributed by atoms with van der Waals surface area (Å²) in [6.45, 7) is 0.684. The molecule has 0 saturated carbocycles. The van der Waals surface area contributed by atoms with Crippen molar-refractivity contribution in [1.82, 2.24) is 14.8 Å². The summed E-state index contributed by atoms with van der Waals surface area (Å²) >= 11 is 3.17. The van der Waals surface area contributed by atoms with Crippen LogP contribution in [0.25, 0.3) is 0 Å². The van der Waals surface area contributed by atoms with E-state index in [0.717, 1.165) is 22.2 Å². The largest absolute Gasteiger partial charge is 1.00 e. The number of rotatable bonds is 1. The van der Waals surface area contributed by atoms with E-state index < -0.39 is 0 Å². The first-order chi connectivity index (χ1) is 7.78. The summed E-state index contributed by atoms with van der Waals surface area (Å²) < 4.78 is 1.82. The number of thioether (sulfide) groups is 2. The Hall–Kier alpha value is 0.0500. The van der Waals surface area contributed by atoms with E-state index in [1.165, 1.54) is 11.8 Å². The van der Waals surface area contributed by atoms with Gasteiger partial charge < -0.3 is 5.32 Å². The van der Waals surface area contributed by atoms with Gasteiger partial charge in [0.2, 0.25) is 11.1 Å². The van der Waals surface area contributed by atoms with Crippen molar-refractivity contribution in [3.05, 3.63) is 11.3 Å². The van der Waals surface area contributed by atoms with Gasteiger partial charge in [-0.2, -0.15) is 4.98 Å². The van der Waals surface area contributed by atoms with E-state index in [9.17, 15) is 4.79 Å². The second kappa shape index (κ2) is 5.36. The predicted molar refractivity (Wildman–Crippen MR) is 64.8 cm³/mol. The molecule has 3 rings (SSSR count). The van der Waals surface area contributed by atoms with Crippen molar-refractivity contribution in [3.63, 3.8) is 0 Å². The van der Waals surface area contributed by atoms with Crippen LogP contribution in [0.15, 0.2) is 16.4 Å².